The topological polar surface area (TPSA) is 136 Å². The van der Waals surface area contributed by atoms with Gasteiger partial charge in [-0.15, -0.1) is 0 Å². The van der Waals surface area contributed by atoms with Gasteiger partial charge in [-0.3, -0.25) is 25.0 Å². The quantitative estimate of drug-likeness (QED) is 0.316. The number of carbonyl (C=O) groups excluding carboxylic acids is 1. The molecule has 1 N–H and O–H groups in total. The summed E-state index contributed by atoms with van der Waals surface area (Å²) < 4.78 is 38.5. The lowest BCUT2D eigenvalue weighted by Crippen LogP contribution is -2.15. The molecule has 4 rings (SSSR count). The van der Waals surface area contributed by atoms with E-state index in [9.17, 15) is 27.7 Å². The molecule has 33 heavy (non-hydrogen) atoms. The van der Waals surface area contributed by atoms with Crippen molar-refractivity contribution in [3.8, 4) is 11.3 Å². The maximum atomic E-state index is 13.2. The van der Waals surface area contributed by atoms with Gasteiger partial charge in [0.2, 0.25) is 9.84 Å². The SMILES string of the molecule is O=C(c1cc(-c2ccncc2Sc2ccc(F)cc2)n[nH]1)S(=O)(=O)c1ccc([N+](=O)[O-])cc1. The third kappa shape index (κ3) is 4.66. The van der Waals surface area contributed by atoms with Crippen LogP contribution in [0.5, 0.6) is 0 Å². The molecule has 0 aliphatic heterocycles. The minimum absolute atomic E-state index is 0.266. The fraction of sp³-hybridized carbons (Fsp3) is 0. The molecule has 166 valence electrons. The number of non-ortho nitro benzene ring substituents is 1. The van der Waals surface area contributed by atoms with Gasteiger partial charge in [-0.1, -0.05) is 11.8 Å². The van der Waals surface area contributed by atoms with Crippen LogP contribution in [0.2, 0.25) is 0 Å². The Morgan fingerprint density at radius 1 is 1.06 bits per heavy atom. The Kier molecular flexibility index (Phi) is 6.03. The number of pyridine rings is 1. The van der Waals surface area contributed by atoms with Crippen LogP contribution in [0.15, 0.2) is 87.7 Å². The molecule has 12 heteroatoms. The molecule has 0 saturated heterocycles. The molecule has 2 aromatic carbocycles. The fourth-order valence-corrected chi connectivity index (χ4v) is 4.89. The van der Waals surface area contributed by atoms with Crippen molar-refractivity contribution < 1.29 is 22.5 Å². The normalized spacial score (nSPS) is 11.3. The van der Waals surface area contributed by atoms with Crippen molar-refractivity contribution >= 4 is 32.4 Å². The summed E-state index contributed by atoms with van der Waals surface area (Å²) in [6.07, 6.45) is 3.10. The van der Waals surface area contributed by atoms with Gasteiger partial charge in [0.25, 0.3) is 10.8 Å². The number of hydrogen-bond donors (Lipinski definition) is 1. The average Bonchev–Trinajstić information content (AvgIpc) is 3.30. The van der Waals surface area contributed by atoms with Crippen LogP contribution in [-0.4, -0.2) is 33.6 Å². The highest BCUT2D eigenvalue weighted by atomic mass is 32.2. The number of rotatable bonds is 6. The van der Waals surface area contributed by atoms with Gasteiger partial charge in [0.05, 0.1) is 15.5 Å². The Morgan fingerprint density at radius 2 is 1.76 bits per heavy atom. The van der Waals surface area contributed by atoms with E-state index in [1.54, 1.807) is 24.4 Å². The fourth-order valence-electron chi connectivity index (χ4n) is 2.87. The molecule has 2 aromatic heterocycles. The minimum Gasteiger partial charge on any atom is -0.274 e. The first-order valence-electron chi connectivity index (χ1n) is 9.23. The predicted octanol–water partition coefficient (Wildman–Crippen LogP) is 4.28. The number of nitrogens with one attached hydrogen (secondary N) is 1. The summed E-state index contributed by atoms with van der Waals surface area (Å²) >= 11 is 1.30. The van der Waals surface area contributed by atoms with Crippen molar-refractivity contribution in [2.75, 3.05) is 0 Å². The number of nitro benzene ring substituents is 1. The Bertz CT molecular complexity index is 1450. The molecule has 0 bridgehead atoms. The number of H-pyrrole nitrogens is 1. The smallest absolute Gasteiger partial charge is 0.274 e. The van der Waals surface area contributed by atoms with Crippen LogP contribution in [0.1, 0.15) is 10.5 Å². The molecule has 0 atom stereocenters. The summed E-state index contributed by atoms with van der Waals surface area (Å²) in [6.45, 7) is 0. The summed E-state index contributed by atoms with van der Waals surface area (Å²) in [5.41, 5.74) is 0.332. The first-order chi connectivity index (χ1) is 15.8. The van der Waals surface area contributed by atoms with E-state index in [-0.39, 0.29) is 22.1 Å². The number of aromatic nitrogens is 3. The minimum atomic E-state index is -4.45. The van der Waals surface area contributed by atoms with Crippen molar-refractivity contribution in [1.82, 2.24) is 15.2 Å². The van der Waals surface area contributed by atoms with Gasteiger partial charge in [-0.2, -0.15) is 5.10 Å². The number of carbonyl (C=O) groups is 1. The van der Waals surface area contributed by atoms with Crippen LogP contribution < -0.4 is 0 Å². The Labute approximate surface area is 190 Å². The molecule has 0 fully saturated rings. The third-order valence-electron chi connectivity index (χ3n) is 4.50. The van der Waals surface area contributed by atoms with E-state index in [2.05, 4.69) is 15.2 Å². The number of hydrogen-bond acceptors (Lipinski definition) is 8. The van der Waals surface area contributed by atoms with E-state index in [4.69, 9.17) is 0 Å². The van der Waals surface area contributed by atoms with Gasteiger partial charge in [0.1, 0.15) is 11.5 Å². The van der Waals surface area contributed by atoms with Crippen molar-refractivity contribution in [2.24, 2.45) is 0 Å². The zero-order valence-electron chi connectivity index (χ0n) is 16.5. The van der Waals surface area contributed by atoms with E-state index >= 15 is 0 Å². The lowest BCUT2D eigenvalue weighted by Gasteiger charge is -2.06. The summed E-state index contributed by atoms with van der Waals surface area (Å²) in [5, 5.41) is 16.1. The highest BCUT2D eigenvalue weighted by Crippen LogP contribution is 2.35. The first-order valence-corrected chi connectivity index (χ1v) is 11.5. The molecule has 0 aliphatic rings. The van der Waals surface area contributed by atoms with E-state index in [0.717, 1.165) is 29.2 Å². The number of nitrogens with zero attached hydrogens (tertiary/aromatic N) is 3. The Morgan fingerprint density at radius 3 is 2.42 bits per heavy atom. The van der Waals surface area contributed by atoms with Crippen molar-refractivity contribution in [1.29, 1.82) is 0 Å². The van der Waals surface area contributed by atoms with E-state index in [0.29, 0.717) is 16.2 Å². The van der Waals surface area contributed by atoms with Crippen molar-refractivity contribution in [3.63, 3.8) is 0 Å². The van der Waals surface area contributed by atoms with Gasteiger partial charge in [-0.05, 0) is 48.5 Å². The van der Waals surface area contributed by atoms with Crippen LogP contribution in [0.3, 0.4) is 0 Å². The molecule has 0 radical (unpaired) electrons. The van der Waals surface area contributed by atoms with Gasteiger partial charge in [0.15, 0.2) is 0 Å². The zero-order valence-corrected chi connectivity index (χ0v) is 18.1. The second-order valence-electron chi connectivity index (χ2n) is 6.64. The number of halogens is 1. The third-order valence-corrected chi connectivity index (χ3v) is 7.16. The van der Waals surface area contributed by atoms with Gasteiger partial charge >= 0.3 is 0 Å². The largest absolute Gasteiger partial charge is 0.299 e. The van der Waals surface area contributed by atoms with Gasteiger partial charge < -0.3 is 0 Å². The maximum absolute atomic E-state index is 13.2. The molecule has 2 heterocycles. The molecule has 0 spiro atoms. The second-order valence-corrected chi connectivity index (χ2v) is 9.60. The molecular formula is C21H13FN4O5S2. The predicted molar refractivity (Wildman–Crippen MR) is 117 cm³/mol. The highest BCUT2D eigenvalue weighted by molar-refractivity contribution is 8.06. The first kappa shape index (κ1) is 22.3. The maximum Gasteiger partial charge on any atom is 0.299 e. The number of aromatic amines is 1. The van der Waals surface area contributed by atoms with E-state index in [1.165, 1.54) is 36.2 Å². The summed E-state index contributed by atoms with van der Waals surface area (Å²) in [4.78, 5) is 27.9. The van der Waals surface area contributed by atoms with Gasteiger partial charge in [0, 0.05) is 39.9 Å². The summed E-state index contributed by atoms with van der Waals surface area (Å²) in [5.74, 6) is -0.365. The standard InChI is InChI=1S/C21H13FN4O5S2/c22-13-1-5-15(6-2-13)32-20-12-23-10-9-17(20)18-11-19(25-24-18)21(27)33(30,31)16-7-3-14(4-8-16)26(28)29/h1-12H,(H,24,25). The van der Waals surface area contributed by atoms with E-state index < -0.39 is 19.9 Å². The highest BCUT2D eigenvalue weighted by Gasteiger charge is 2.29. The van der Waals surface area contributed by atoms with Crippen LogP contribution in [0.25, 0.3) is 11.3 Å². The van der Waals surface area contributed by atoms with Crippen LogP contribution >= 0.6 is 11.8 Å². The molecule has 4 aromatic rings. The lowest BCUT2D eigenvalue weighted by atomic mass is 10.2. The van der Waals surface area contributed by atoms with Gasteiger partial charge in [-0.25, -0.2) is 12.8 Å². The Hall–Kier alpha value is -3.90. The van der Waals surface area contributed by atoms with Crippen molar-refractivity contribution in [2.45, 2.75) is 14.7 Å². The average molecular weight is 484 g/mol. The molecule has 0 aliphatic carbocycles. The monoisotopic (exact) mass is 484 g/mol. The summed E-state index contributed by atoms with van der Waals surface area (Å²) in [6, 6.07) is 12.8. The molecule has 0 unspecified atom stereocenters. The number of benzene rings is 2. The zero-order chi connectivity index (χ0) is 23.6. The Balaban J connectivity index is 1.62. The molecular weight excluding hydrogens is 471 g/mol. The lowest BCUT2D eigenvalue weighted by molar-refractivity contribution is -0.384. The van der Waals surface area contributed by atoms with Crippen LogP contribution in [0.4, 0.5) is 10.1 Å². The van der Waals surface area contributed by atoms with Crippen LogP contribution in [-0.2, 0) is 9.84 Å². The van der Waals surface area contributed by atoms with Crippen molar-refractivity contribution in [3.05, 3.63) is 94.7 Å². The number of sulfone groups is 1. The van der Waals surface area contributed by atoms with E-state index in [1.807, 2.05) is 0 Å². The molecule has 0 saturated carbocycles. The number of nitro groups is 1. The second kappa shape index (κ2) is 8.92. The summed E-state index contributed by atoms with van der Waals surface area (Å²) in [7, 11) is -4.45. The molecule has 0 amide bonds. The van der Waals surface area contributed by atoms with Crippen LogP contribution in [0, 0.1) is 15.9 Å². The molecule has 9 nitrogen and oxygen atoms in total.